The molecule has 0 spiro atoms. The molecule has 0 saturated carbocycles. The number of hydrogen-bond donors (Lipinski definition) is 1. The number of anilines is 2. The Kier molecular flexibility index (Phi) is 3.55. The third kappa shape index (κ3) is 2.40. The summed E-state index contributed by atoms with van der Waals surface area (Å²) in [6.07, 6.45) is 0. The average molecular weight is 208 g/mol. The van der Waals surface area contributed by atoms with Crippen LogP contribution in [0.2, 0.25) is 0 Å². The normalized spacial score (nSPS) is 9.80. The molecular weight excluding hydrogens is 192 g/mol. The third-order valence-electron chi connectivity index (χ3n) is 2.33. The van der Waals surface area contributed by atoms with Crippen LogP contribution in [0.5, 0.6) is 0 Å². The van der Waals surface area contributed by atoms with Crippen molar-refractivity contribution in [3.05, 3.63) is 23.8 Å². The molecule has 0 aliphatic carbocycles. The summed E-state index contributed by atoms with van der Waals surface area (Å²) < 4.78 is 4.61. The molecule has 0 saturated heterocycles. The van der Waals surface area contributed by atoms with Gasteiger partial charge < -0.3 is 15.4 Å². The third-order valence-corrected chi connectivity index (χ3v) is 2.33. The zero-order valence-electron chi connectivity index (χ0n) is 9.28. The molecule has 2 N–H and O–H groups in total. The first kappa shape index (κ1) is 11.4. The molecule has 0 heterocycles. The van der Waals surface area contributed by atoms with Crippen molar-refractivity contribution in [2.24, 2.45) is 0 Å². The summed E-state index contributed by atoms with van der Waals surface area (Å²) in [6.45, 7) is 2.90. The molecule has 0 atom stereocenters. The number of esters is 1. The molecule has 0 aliphatic rings. The minimum Gasteiger partial charge on any atom is -0.465 e. The summed E-state index contributed by atoms with van der Waals surface area (Å²) in [6, 6.07) is 5.17. The number of nitrogen functional groups attached to an aromatic ring is 1. The van der Waals surface area contributed by atoms with Gasteiger partial charge >= 0.3 is 5.97 Å². The zero-order chi connectivity index (χ0) is 11.4. The molecule has 0 fully saturated rings. The second kappa shape index (κ2) is 4.68. The summed E-state index contributed by atoms with van der Waals surface area (Å²) >= 11 is 0. The van der Waals surface area contributed by atoms with Gasteiger partial charge in [-0.2, -0.15) is 0 Å². The first-order chi connectivity index (χ1) is 7.10. The lowest BCUT2D eigenvalue weighted by atomic mass is 10.1. The van der Waals surface area contributed by atoms with Crippen molar-refractivity contribution in [1.82, 2.24) is 0 Å². The number of rotatable bonds is 3. The summed E-state index contributed by atoms with van der Waals surface area (Å²) in [4.78, 5) is 13.2. The van der Waals surface area contributed by atoms with Crippen LogP contribution in [0.4, 0.5) is 11.4 Å². The van der Waals surface area contributed by atoms with Gasteiger partial charge in [-0.15, -0.1) is 0 Å². The summed E-state index contributed by atoms with van der Waals surface area (Å²) in [5.74, 6) is -0.368. The van der Waals surface area contributed by atoms with Gasteiger partial charge in [0.15, 0.2) is 0 Å². The Morgan fingerprint density at radius 2 is 2.20 bits per heavy atom. The standard InChI is InChI=1S/C11H16N2O2/c1-4-13(2)10-6-5-8(7-9(10)12)11(14)15-3/h5-7H,4,12H2,1-3H3. The highest BCUT2D eigenvalue weighted by Gasteiger charge is 2.09. The van der Waals surface area contributed by atoms with Crippen LogP contribution in [-0.4, -0.2) is 26.7 Å². The molecule has 82 valence electrons. The average Bonchev–Trinajstić information content (AvgIpc) is 2.26. The highest BCUT2D eigenvalue weighted by atomic mass is 16.5. The second-order valence-electron chi connectivity index (χ2n) is 3.28. The fourth-order valence-electron chi connectivity index (χ4n) is 1.32. The Bertz CT molecular complexity index is 364. The first-order valence-electron chi connectivity index (χ1n) is 4.79. The molecule has 4 nitrogen and oxygen atoms in total. The fraction of sp³-hybridized carbons (Fsp3) is 0.364. The Labute approximate surface area is 89.6 Å². The van der Waals surface area contributed by atoms with Crippen LogP contribution in [0.3, 0.4) is 0 Å². The van der Waals surface area contributed by atoms with Gasteiger partial charge in [0.05, 0.1) is 24.0 Å². The molecule has 0 bridgehead atoms. The maximum absolute atomic E-state index is 11.2. The van der Waals surface area contributed by atoms with E-state index in [1.165, 1.54) is 7.11 Å². The summed E-state index contributed by atoms with van der Waals surface area (Å²) in [5.41, 5.74) is 7.82. The number of nitrogens with two attached hydrogens (primary N) is 1. The highest BCUT2D eigenvalue weighted by molar-refractivity contribution is 5.91. The van der Waals surface area contributed by atoms with E-state index in [1.807, 2.05) is 24.9 Å². The predicted molar refractivity (Wildman–Crippen MR) is 61.1 cm³/mol. The Morgan fingerprint density at radius 1 is 1.53 bits per heavy atom. The number of benzene rings is 1. The van der Waals surface area contributed by atoms with Crippen LogP contribution in [0, 0.1) is 0 Å². The van der Waals surface area contributed by atoms with Gasteiger partial charge in [0.2, 0.25) is 0 Å². The van der Waals surface area contributed by atoms with E-state index in [9.17, 15) is 4.79 Å². The van der Waals surface area contributed by atoms with Crippen LogP contribution in [0.1, 0.15) is 17.3 Å². The van der Waals surface area contributed by atoms with E-state index >= 15 is 0 Å². The molecule has 0 unspecified atom stereocenters. The van der Waals surface area contributed by atoms with E-state index in [0.717, 1.165) is 12.2 Å². The number of carbonyl (C=O) groups excluding carboxylic acids is 1. The minimum absolute atomic E-state index is 0.368. The quantitative estimate of drug-likeness (QED) is 0.604. The van der Waals surface area contributed by atoms with Gasteiger partial charge in [0, 0.05) is 13.6 Å². The molecule has 0 radical (unpaired) electrons. The van der Waals surface area contributed by atoms with E-state index in [2.05, 4.69) is 4.74 Å². The number of carbonyl (C=O) groups is 1. The van der Waals surface area contributed by atoms with Crippen LogP contribution < -0.4 is 10.6 Å². The van der Waals surface area contributed by atoms with E-state index in [4.69, 9.17) is 5.73 Å². The minimum atomic E-state index is -0.368. The fourth-order valence-corrected chi connectivity index (χ4v) is 1.32. The van der Waals surface area contributed by atoms with Crippen LogP contribution in [0.25, 0.3) is 0 Å². The topological polar surface area (TPSA) is 55.6 Å². The SMILES string of the molecule is CCN(C)c1ccc(C(=O)OC)cc1N. The van der Waals surface area contributed by atoms with Gasteiger partial charge in [-0.3, -0.25) is 0 Å². The van der Waals surface area contributed by atoms with Gasteiger partial charge in [0.1, 0.15) is 0 Å². The van der Waals surface area contributed by atoms with E-state index in [0.29, 0.717) is 11.3 Å². The van der Waals surface area contributed by atoms with E-state index < -0.39 is 0 Å². The summed E-state index contributed by atoms with van der Waals surface area (Å²) in [5, 5.41) is 0. The molecule has 0 amide bonds. The molecule has 1 rings (SSSR count). The lowest BCUT2D eigenvalue weighted by molar-refractivity contribution is 0.0601. The van der Waals surface area contributed by atoms with Crippen LogP contribution >= 0.6 is 0 Å². The Morgan fingerprint density at radius 3 is 2.67 bits per heavy atom. The monoisotopic (exact) mass is 208 g/mol. The predicted octanol–water partition coefficient (Wildman–Crippen LogP) is 1.51. The molecule has 4 heteroatoms. The van der Waals surface area contributed by atoms with Gasteiger partial charge in [-0.05, 0) is 25.1 Å². The molecule has 0 aliphatic heterocycles. The van der Waals surface area contributed by atoms with Crippen molar-refractivity contribution in [1.29, 1.82) is 0 Å². The Hall–Kier alpha value is -1.71. The maximum Gasteiger partial charge on any atom is 0.337 e. The molecule has 15 heavy (non-hydrogen) atoms. The van der Waals surface area contributed by atoms with E-state index in [1.54, 1.807) is 12.1 Å². The second-order valence-corrected chi connectivity index (χ2v) is 3.28. The van der Waals surface area contributed by atoms with Crippen LogP contribution in [0.15, 0.2) is 18.2 Å². The molecule has 0 aromatic heterocycles. The lowest BCUT2D eigenvalue weighted by Crippen LogP contribution is -2.17. The Balaban J connectivity index is 3.03. The number of methoxy groups -OCH3 is 1. The van der Waals surface area contributed by atoms with Gasteiger partial charge in [-0.25, -0.2) is 4.79 Å². The maximum atomic E-state index is 11.2. The van der Waals surface area contributed by atoms with Crippen molar-refractivity contribution < 1.29 is 9.53 Å². The van der Waals surface area contributed by atoms with Crippen molar-refractivity contribution in [2.45, 2.75) is 6.92 Å². The number of ether oxygens (including phenoxy) is 1. The number of hydrogen-bond acceptors (Lipinski definition) is 4. The highest BCUT2D eigenvalue weighted by Crippen LogP contribution is 2.23. The summed E-state index contributed by atoms with van der Waals surface area (Å²) in [7, 11) is 3.30. The largest absolute Gasteiger partial charge is 0.465 e. The number of nitrogens with zero attached hydrogens (tertiary/aromatic N) is 1. The molecular formula is C11H16N2O2. The van der Waals surface area contributed by atoms with Crippen molar-refractivity contribution in [3.63, 3.8) is 0 Å². The van der Waals surface area contributed by atoms with Crippen molar-refractivity contribution >= 4 is 17.3 Å². The van der Waals surface area contributed by atoms with Gasteiger partial charge in [0.25, 0.3) is 0 Å². The van der Waals surface area contributed by atoms with E-state index in [-0.39, 0.29) is 5.97 Å². The van der Waals surface area contributed by atoms with Crippen molar-refractivity contribution in [2.75, 3.05) is 31.3 Å². The van der Waals surface area contributed by atoms with Gasteiger partial charge in [-0.1, -0.05) is 0 Å². The smallest absolute Gasteiger partial charge is 0.337 e. The molecule has 1 aromatic carbocycles. The van der Waals surface area contributed by atoms with Crippen LogP contribution in [-0.2, 0) is 4.74 Å². The molecule has 1 aromatic rings. The lowest BCUT2D eigenvalue weighted by Gasteiger charge is -2.19. The van der Waals surface area contributed by atoms with Crippen molar-refractivity contribution in [3.8, 4) is 0 Å². The first-order valence-corrected chi connectivity index (χ1v) is 4.79. The zero-order valence-corrected chi connectivity index (χ0v) is 9.28.